The van der Waals surface area contributed by atoms with Crippen LogP contribution in [0.15, 0.2) is 46.9 Å². The molecule has 2 aromatic rings. The van der Waals surface area contributed by atoms with Crippen molar-refractivity contribution in [2.75, 3.05) is 6.54 Å². The summed E-state index contributed by atoms with van der Waals surface area (Å²) in [7, 11) is 0. The van der Waals surface area contributed by atoms with Gasteiger partial charge in [-0.1, -0.05) is 35.0 Å². The summed E-state index contributed by atoms with van der Waals surface area (Å²) in [5.41, 5.74) is 2.45. The Hall–Kier alpha value is -1.32. The second-order valence-electron chi connectivity index (χ2n) is 4.83. The molecule has 2 nitrogen and oxygen atoms in total. The average molecular weight is 334 g/mol. The Labute approximate surface area is 129 Å². The van der Waals surface area contributed by atoms with E-state index in [1.54, 1.807) is 0 Å². The van der Waals surface area contributed by atoms with E-state index >= 15 is 0 Å². The fourth-order valence-corrected chi connectivity index (χ4v) is 2.24. The molecule has 0 amide bonds. The third-order valence-electron chi connectivity index (χ3n) is 3.04. The fraction of sp³-hybridized carbons (Fsp3) is 0.294. The summed E-state index contributed by atoms with van der Waals surface area (Å²) in [5, 5.41) is 3.41. The van der Waals surface area contributed by atoms with E-state index in [4.69, 9.17) is 4.74 Å². The van der Waals surface area contributed by atoms with Crippen molar-refractivity contribution in [3.8, 4) is 11.5 Å². The van der Waals surface area contributed by atoms with Crippen LogP contribution < -0.4 is 10.1 Å². The molecule has 0 saturated carbocycles. The van der Waals surface area contributed by atoms with Crippen molar-refractivity contribution in [2.45, 2.75) is 26.8 Å². The van der Waals surface area contributed by atoms with Gasteiger partial charge < -0.3 is 10.1 Å². The van der Waals surface area contributed by atoms with Crippen LogP contribution in [0.5, 0.6) is 11.5 Å². The van der Waals surface area contributed by atoms with Crippen LogP contribution in [-0.4, -0.2) is 6.54 Å². The molecule has 0 saturated heterocycles. The lowest BCUT2D eigenvalue weighted by atomic mass is 10.1. The van der Waals surface area contributed by atoms with Gasteiger partial charge in [-0.05, 0) is 61.3 Å². The molecule has 0 bridgehead atoms. The van der Waals surface area contributed by atoms with Crippen LogP contribution in [-0.2, 0) is 6.54 Å². The lowest BCUT2D eigenvalue weighted by Crippen LogP contribution is -2.13. The minimum Gasteiger partial charge on any atom is -0.457 e. The minimum atomic E-state index is 0.855. The van der Waals surface area contributed by atoms with Gasteiger partial charge in [-0.3, -0.25) is 0 Å². The molecule has 0 aliphatic heterocycles. The SMILES string of the molecule is CCCNCc1ccc(Oc2ccc(Br)cc2)c(C)c1. The first-order valence-electron chi connectivity index (χ1n) is 6.92. The molecule has 106 valence electrons. The number of ether oxygens (including phenoxy) is 1. The molecule has 0 fully saturated rings. The summed E-state index contributed by atoms with van der Waals surface area (Å²) < 4.78 is 6.96. The number of halogens is 1. The van der Waals surface area contributed by atoms with Crippen LogP contribution in [0.3, 0.4) is 0 Å². The highest BCUT2D eigenvalue weighted by Gasteiger charge is 2.03. The predicted octanol–water partition coefficient (Wildman–Crippen LogP) is 5.05. The molecule has 0 aromatic heterocycles. The maximum Gasteiger partial charge on any atom is 0.130 e. The molecule has 20 heavy (non-hydrogen) atoms. The molecule has 0 heterocycles. The van der Waals surface area contributed by atoms with Crippen LogP contribution in [0.4, 0.5) is 0 Å². The van der Waals surface area contributed by atoms with E-state index in [1.807, 2.05) is 30.3 Å². The van der Waals surface area contributed by atoms with E-state index in [0.29, 0.717) is 0 Å². The van der Waals surface area contributed by atoms with Crippen LogP contribution in [0, 0.1) is 6.92 Å². The highest BCUT2D eigenvalue weighted by Crippen LogP contribution is 2.26. The third kappa shape index (κ3) is 4.36. The molecule has 0 aliphatic rings. The lowest BCUT2D eigenvalue weighted by Gasteiger charge is -2.11. The first-order valence-corrected chi connectivity index (χ1v) is 7.72. The Morgan fingerprint density at radius 3 is 2.50 bits per heavy atom. The van der Waals surface area contributed by atoms with Crippen molar-refractivity contribution in [3.63, 3.8) is 0 Å². The zero-order valence-corrected chi connectivity index (χ0v) is 13.5. The molecule has 0 atom stereocenters. The average Bonchev–Trinajstić information content (AvgIpc) is 2.44. The van der Waals surface area contributed by atoms with Gasteiger partial charge in [0, 0.05) is 11.0 Å². The Balaban J connectivity index is 2.03. The number of nitrogens with one attached hydrogen (secondary N) is 1. The largest absolute Gasteiger partial charge is 0.457 e. The number of rotatable bonds is 6. The van der Waals surface area contributed by atoms with E-state index in [0.717, 1.165) is 41.0 Å². The van der Waals surface area contributed by atoms with Crippen molar-refractivity contribution in [3.05, 3.63) is 58.1 Å². The molecular formula is C17H20BrNO. The molecule has 0 spiro atoms. The Morgan fingerprint density at radius 2 is 1.85 bits per heavy atom. The van der Waals surface area contributed by atoms with E-state index in [1.165, 1.54) is 5.56 Å². The van der Waals surface area contributed by atoms with E-state index < -0.39 is 0 Å². The van der Waals surface area contributed by atoms with Crippen LogP contribution in [0.25, 0.3) is 0 Å². The van der Waals surface area contributed by atoms with Gasteiger partial charge in [-0.25, -0.2) is 0 Å². The summed E-state index contributed by atoms with van der Waals surface area (Å²) in [5.74, 6) is 1.76. The van der Waals surface area contributed by atoms with Crippen molar-refractivity contribution in [2.24, 2.45) is 0 Å². The quantitative estimate of drug-likeness (QED) is 0.747. The van der Waals surface area contributed by atoms with Crippen LogP contribution in [0.1, 0.15) is 24.5 Å². The number of benzene rings is 2. The van der Waals surface area contributed by atoms with Gasteiger partial charge in [0.1, 0.15) is 11.5 Å². The van der Waals surface area contributed by atoms with E-state index in [-0.39, 0.29) is 0 Å². The van der Waals surface area contributed by atoms with Gasteiger partial charge in [-0.15, -0.1) is 0 Å². The van der Waals surface area contributed by atoms with Crippen molar-refractivity contribution < 1.29 is 4.74 Å². The third-order valence-corrected chi connectivity index (χ3v) is 3.57. The highest BCUT2D eigenvalue weighted by molar-refractivity contribution is 9.10. The molecule has 1 N–H and O–H groups in total. The number of hydrogen-bond acceptors (Lipinski definition) is 2. The predicted molar refractivity (Wildman–Crippen MR) is 87.4 cm³/mol. The minimum absolute atomic E-state index is 0.855. The van der Waals surface area contributed by atoms with Crippen LogP contribution >= 0.6 is 15.9 Å². The first-order chi connectivity index (χ1) is 9.69. The number of aryl methyl sites for hydroxylation is 1. The van der Waals surface area contributed by atoms with Gasteiger partial charge in [0.25, 0.3) is 0 Å². The molecule has 0 radical (unpaired) electrons. The Morgan fingerprint density at radius 1 is 1.10 bits per heavy atom. The maximum absolute atomic E-state index is 5.90. The van der Waals surface area contributed by atoms with Gasteiger partial charge in [0.15, 0.2) is 0 Å². The van der Waals surface area contributed by atoms with Gasteiger partial charge in [0.2, 0.25) is 0 Å². The lowest BCUT2D eigenvalue weighted by molar-refractivity contribution is 0.478. The van der Waals surface area contributed by atoms with Crippen molar-refractivity contribution in [1.29, 1.82) is 0 Å². The first kappa shape index (κ1) is 15.1. The summed E-state index contributed by atoms with van der Waals surface area (Å²) in [4.78, 5) is 0. The summed E-state index contributed by atoms with van der Waals surface area (Å²) in [6.07, 6.45) is 1.16. The van der Waals surface area contributed by atoms with Crippen molar-refractivity contribution in [1.82, 2.24) is 5.32 Å². The molecule has 3 heteroatoms. The van der Waals surface area contributed by atoms with E-state index in [2.05, 4.69) is 47.2 Å². The Kier molecular flexibility index (Phi) is 5.62. The molecular weight excluding hydrogens is 314 g/mol. The second-order valence-corrected chi connectivity index (χ2v) is 5.75. The van der Waals surface area contributed by atoms with Gasteiger partial charge in [0.05, 0.1) is 0 Å². The molecule has 2 aromatic carbocycles. The van der Waals surface area contributed by atoms with Gasteiger partial charge >= 0.3 is 0 Å². The highest BCUT2D eigenvalue weighted by atomic mass is 79.9. The van der Waals surface area contributed by atoms with Crippen molar-refractivity contribution >= 4 is 15.9 Å². The maximum atomic E-state index is 5.90. The normalized spacial score (nSPS) is 10.6. The fourth-order valence-electron chi connectivity index (χ4n) is 1.98. The summed E-state index contributed by atoms with van der Waals surface area (Å²) in [6.45, 7) is 6.22. The smallest absolute Gasteiger partial charge is 0.130 e. The number of hydrogen-bond donors (Lipinski definition) is 1. The second kappa shape index (κ2) is 7.46. The zero-order chi connectivity index (χ0) is 14.4. The molecule has 0 unspecified atom stereocenters. The molecule has 0 aliphatic carbocycles. The van der Waals surface area contributed by atoms with Gasteiger partial charge in [-0.2, -0.15) is 0 Å². The topological polar surface area (TPSA) is 21.3 Å². The standard InChI is InChI=1S/C17H20BrNO/c1-3-10-19-12-14-4-9-17(13(2)11-14)20-16-7-5-15(18)6-8-16/h4-9,11,19H,3,10,12H2,1-2H3. The Bertz CT molecular complexity index is 551. The van der Waals surface area contributed by atoms with E-state index in [9.17, 15) is 0 Å². The summed E-state index contributed by atoms with van der Waals surface area (Å²) in [6, 6.07) is 14.2. The summed E-state index contributed by atoms with van der Waals surface area (Å²) >= 11 is 3.42. The zero-order valence-electron chi connectivity index (χ0n) is 11.9. The molecule has 2 rings (SSSR count). The monoisotopic (exact) mass is 333 g/mol. The van der Waals surface area contributed by atoms with Crippen LogP contribution in [0.2, 0.25) is 0 Å².